The summed E-state index contributed by atoms with van der Waals surface area (Å²) in [6, 6.07) is 2.88. The van der Waals surface area contributed by atoms with Gasteiger partial charge in [0.1, 0.15) is 10.6 Å². The number of hydrogen-bond acceptors (Lipinski definition) is 6. The van der Waals surface area contributed by atoms with Crippen LogP contribution in [0, 0.1) is 13.8 Å². The van der Waals surface area contributed by atoms with Gasteiger partial charge in [0.25, 0.3) is 11.8 Å². The molecule has 4 heterocycles. The van der Waals surface area contributed by atoms with Crippen LogP contribution in [-0.4, -0.2) is 63.7 Å². The van der Waals surface area contributed by atoms with E-state index in [9.17, 15) is 18.0 Å². The first-order valence-corrected chi connectivity index (χ1v) is 10.1. The number of amides is 2. The third-order valence-electron chi connectivity index (χ3n) is 5.13. The van der Waals surface area contributed by atoms with E-state index in [0.29, 0.717) is 29.8 Å². The van der Waals surface area contributed by atoms with Crippen LogP contribution in [0.2, 0.25) is 0 Å². The third-order valence-corrected chi connectivity index (χ3v) is 7.29. The van der Waals surface area contributed by atoms with Gasteiger partial charge in [-0.25, -0.2) is 8.42 Å². The molecule has 1 N–H and O–H groups in total. The quantitative estimate of drug-likeness (QED) is 0.779. The number of H-pyrrole nitrogens is 1. The molecule has 2 amide bonds. The molecule has 0 spiro atoms. The number of carbonyl (C=O) groups is 2. The monoisotopic (exact) mass is 389 g/mol. The van der Waals surface area contributed by atoms with Gasteiger partial charge in [-0.2, -0.15) is 9.40 Å². The lowest BCUT2D eigenvalue weighted by atomic mass is 10.1. The molecule has 9 nitrogen and oxygen atoms in total. The number of pyridine rings is 1. The molecule has 0 unspecified atom stereocenters. The summed E-state index contributed by atoms with van der Waals surface area (Å²) in [6.07, 6.45) is 2.26. The number of hydrogen-bond donors (Lipinski definition) is 1. The predicted octanol–water partition coefficient (Wildman–Crippen LogP) is 0.871. The molecule has 0 saturated carbocycles. The number of nitrogens with zero attached hydrogens (tertiary/aromatic N) is 4. The molecule has 1 fully saturated rings. The van der Waals surface area contributed by atoms with Crippen molar-refractivity contribution in [3.8, 4) is 0 Å². The summed E-state index contributed by atoms with van der Waals surface area (Å²) in [5.74, 6) is -0.760. The predicted molar refractivity (Wildman–Crippen MR) is 94.6 cm³/mol. The van der Waals surface area contributed by atoms with E-state index in [1.807, 2.05) is 0 Å². The lowest BCUT2D eigenvalue weighted by Crippen LogP contribution is -2.48. The van der Waals surface area contributed by atoms with Crippen LogP contribution in [0.5, 0.6) is 0 Å². The van der Waals surface area contributed by atoms with Crippen LogP contribution < -0.4 is 0 Å². The Labute approximate surface area is 156 Å². The van der Waals surface area contributed by atoms with Crippen LogP contribution >= 0.6 is 0 Å². The fourth-order valence-corrected chi connectivity index (χ4v) is 5.61. The zero-order valence-electron chi connectivity index (χ0n) is 15.0. The highest BCUT2D eigenvalue weighted by Gasteiger charge is 2.43. The standard InChI is InChI=1S/C17H19N5O4S/c1-10-15(11(2)20-19-10)27(25,26)21-8-5-12(6-9-21)22-16(23)13-4-3-7-18-14(13)17(22)24/h3-4,7,12H,5-6,8-9H2,1-2H3,(H,19,20). The number of aryl methyl sites for hydroxylation is 2. The molecule has 2 aromatic heterocycles. The van der Waals surface area contributed by atoms with Crippen molar-refractivity contribution < 1.29 is 18.0 Å². The summed E-state index contributed by atoms with van der Waals surface area (Å²) in [5, 5.41) is 6.66. The van der Waals surface area contributed by atoms with E-state index in [4.69, 9.17) is 0 Å². The lowest BCUT2D eigenvalue weighted by molar-refractivity contribution is 0.0534. The third kappa shape index (κ3) is 2.67. The summed E-state index contributed by atoms with van der Waals surface area (Å²) >= 11 is 0. The molecule has 4 rings (SSSR count). The van der Waals surface area contributed by atoms with Crippen molar-refractivity contribution in [1.29, 1.82) is 0 Å². The first-order valence-electron chi connectivity index (χ1n) is 8.67. The van der Waals surface area contributed by atoms with Crippen molar-refractivity contribution in [3.05, 3.63) is 41.0 Å². The fraction of sp³-hybridized carbons (Fsp3) is 0.412. The summed E-state index contributed by atoms with van der Waals surface area (Å²) in [6.45, 7) is 3.79. The number of piperidine rings is 1. The van der Waals surface area contributed by atoms with Crippen molar-refractivity contribution in [3.63, 3.8) is 0 Å². The summed E-state index contributed by atoms with van der Waals surface area (Å²) in [7, 11) is -3.67. The van der Waals surface area contributed by atoms with Crippen molar-refractivity contribution in [2.75, 3.05) is 13.1 Å². The molecule has 0 radical (unpaired) electrons. The number of imide groups is 1. The minimum absolute atomic E-state index is 0.169. The average Bonchev–Trinajstić information content (AvgIpc) is 3.13. The van der Waals surface area contributed by atoms with Crippen molar-refractivity contribution in [1.82, 2.24) is 24.4 Å². The maximum absolute atomic E-state index is 12.9. The number of fused-ring (bicyclic) bond motifs is 1. The second-order valence-corrected chi connectivity index (χ2v) is 8.65. The van der Waals surface area contributed by atoms with Crippen LogP contribution in [-0.2, 0) is 10.0 Å². The van der Waals surface area contributed by atoms with Crippen molar-refractivity contribution in [2.24, 2.45) is 0 Å². The number of carbonyl (C=O) groups excluding carboxylic acids is 2. The zero-order chi connectivity index (χ0) is 19.3. The SMILES string of the molecule is Cc1n[nH]c(C)c1S(=O)(=O)N1CCC(N2C(=O)c3cccnc3C2=O)CC1. The van der Waals surface area contributed by atoms with Gasteiger partial charge in [-0.05, 0) is 38.8 Å². The molecular formula is C17H19N5O4S. The normalized spacial score (nSPS) is 19.0. The highest BCUT2D eigenvalue weighted by atomic mass is 32.2. The Bertz CT molecular complexity index is 983. The highest BCUT2D eigenvalue weighted by molar-refractivity contribution is 7.89. The van der Waals surface area contributed by atoms with E-state index in [2.05, 4.69) is 15.2 Å². The Kier molecular flexibility index (Phi) is 4.11. The van der Waals surface area contributed by atoms with Gasteiger partial charge in [-0.1, -0.05) is 0 Å². The number of nitrogens with one attached hydrogen (secondary N) is 1. The van der Waals surface area contributed by atoms with E-state index < -0.39 is 15.9 Å². The van der Waals surface area contributed by atoms with Gasteiger partial charge < -0.3 is 0 Å². The summed E-state index contributed by atoms with van der Waals surface area (Å²) < 4.78 is 27.3. The number of aromatic nitrogens is 3. The second kappa shape index (κ2) is 6.24. The summed E-state index contributed by atoms with van der Waals surface area (Å²) in [4.78, 5) is 30.6. The van der Waals surface area contributed by atoms with Gasteiger partial charge in [0.2, 0.25) is 10.0 Å². The Hall–Kier alpha value is -2.59. The van der Waals surface area contributed by atoms with Crippen LogP contribution in [0.1, 0.15) is 45.1 Å². The molecule has 0 aliphatic carbocycles. The molecule has 142 valence electrons. The number of aromatic amines is 1. The Morgan fingerprint density at radius 2 is 1.85 bits per heavy atom. The molecule has 10 heteroatoms. The topological polar surface area (TPSA) is 116 Å². The Morgan fingerprint density at radius 1 is 1.15 bits per heavy atom. The van der Waals surface area contributed by atoms with Gasteiger partial charge in [-0.15, -0.1) is 0 Å². The van der Waals surface area contributed by atoms with Crippen LogP contribution in [0.4, 0.5) is 0 Å². The van der Waals surface area contributed by atoms with E-state index in [1.54, 1.807) is 26.0 Å². The van der Waals surface area contributed by atoms with Crippen LogP contribution in [0.25, 0.3) is 0 Å². The lowest BCUT2D eigenvalue weighted by Gasteiger charge is -2.34. The minimum Gasteiger partial charge on any atom is -0.281 e. The Morgan fingerprint density at radius 3 is 2.44 bits per heavy atom. The minimum atomic E-state index is -3.67. The van der Waals surface area contributed by atoms with Gasteiger partial charge in [0.15, 0.2) is 0 Å². The fourth-order valence-electron chi connectivity index (χ4n) is 3.81. The maximum atomic E-state index is 12.9. The molecule has 0 aromatic carbocycles. The molecule has 1 saturated heterocycles. The van der Waals surface area contributed by atoms with Crippen molar-refractivity contribution >= 4 is 21.8 Å². The molecule has 27 heavy (non-hydrogen) atoms. The molecule has 2 aliphatic heterocycles. The second-order valence-electron chi connectivity index (χ2n) is 6.78. The highest BCUT2D eigenvalue weighted by Crippen LogP contribution is 2.30. The largest absolute Gasteiger partial charge is 0.281 e. The van der Waals surface area contributed by atoms with Crippen LogP contribution in [0.3, 0.4) is 0 Å². The smallest absolute Gasteiger partial charge is 0.280 e. The number of sulfonamides is 1. The maximum Gasteiger partial charge on any atom is 0.280 e. The zero-order valence-corrected chi connectivity index (χ0v) is 15.8. The van der Waals surface area contributed by atoms with Gasteiger partial charge in [0, 0.05) is 25.3 Å². The first-order chi connectivity index (χ1) is 12.8. The summed E-state index contributed by atoms with van der Waals surface area (Å²) in [5.41, 5.74) is 1.41. The molecule has 2 aliphatic rings. The molecule has 0 atom stereocenters. The molecular weight excluding hydrogens is 370 g/mol. The Balaban J connectivity index is 1.52. The van der Waals surface area contributed by atoms with Crippen molar-refractivity contribution in [2.45, 2.75) is 37.6 Å². The van der Waals surface area contributed by atoms with E-state index >= 15 is 0 Å². The molecule has 0 bridgehead atoms. The number of rotatable bonds is 3. The first kappa shape index (κ1) is 17.8. The van der Waals surface area contributed by atoms with E-state index in [-0.39, 0.29) is 35.6 Å². The van der Waals surface area contributed by atoms with E-state index in [1.165, 1.54) is 15.4 Å². The van der Waals surface area contributed by atoms with Gasteiger partial charge >= 0.3 is 0 Å². The van der Waals surface area contributed by atoms with E-state index in [0.717, 1.165) is 0 Å². The molecule has 2 aromatic rings. The average molecular weight is 389 g/mol. The van der Waals surface area contributed by atoms with Crippen LogP contribution in [0.15, 0.2) is 23.2 Å². The van der Waals surface area contributed by atoms with Gasteiger partial charge in [0.05, 0.1) is 17.0 Å². The van der Waals surface area contributed by atoms with Gasteiger partial charge in [-0.3, -0.25) is 24.6 Å².